The van der Waals surface area contributed by atoms with E-state index in [0.29, 0.717) is 0 Å². The summed E-state index contributed by atoms with van der Waals surface area (Å²) < 4.78 is 0.870. The highest BCUT2D eigenvalue weighted by molar-refractivity contribution is 14.1. The molecule has 0 nitrogen and oxygen atoms in total. The Morgan fingerprint density at radius 2 is 1.91 bits per heavy atom. The molecule has 0 bridgehead atoms. The first-order chi connectivity index (χ1) is 5.11. The van der Waals surface area contributed by atoms with E-state index in [4.69, 9.17) is 0 Å². The largest absolute Gasteiger partial charge is 0.0826 e. The Morgan fingerprint density at radius 3 is 2.36 bits per heavy atom. The monoisotopic (exact) mass is 266 g/mol. The lowest BCUT2D eigenvalue weighted by molar-refractivity contribution is 0.208. The van der Waals surface area contributed by atoms with Crippen LogP contribution in [0, 0.1) is 17.8 Å². The van der Waals surface area contributed by atoms with Crippen molar-refractivity contribution in [2.75, 3.05) is 0 Å². The second-order valence-corrected chi connectivity index (χ2v) is 6.20. The van der Waals surface area contributed by atoms with E-state index in [1.54, 1.807) is 0 Å². The first-order valence-corrected chi connectivity index (χ1v) is 6.00. The van der Waals surface area contributed by atoms with Gasteiger partial charge >= 0.3 is 0 Å². The summed E-state index contributed by atoms with van der Waals surface area (Å²) in [5.74, 6) is 2.94. The molecule has 0 aromatic heterocycles. The highest BCUT2D eigenvalue weighted by atomic mass is 127. The average molecular weight is 266 g/mol. The lowest BCUT2D eigenvalue weighted by atomic mass is 9.74. The fourth-order valence-electron chi connectivity index (χ4n) is 2.37. The Morgan fingerprint density at radius 1 is 1.27 bits per heavy atom. The molecule has 1 fully saturated rings. The zero-order valence-electron chi connectivity index (χ0n) is 7.81. The molecule has 1 aliphatic rings. The number of halogens is 1. The van der Waals surface area contributed by atoms with Gasteiger partial charge in [0.1, 0.15) is 0 Å². The molecule has 4 unspecified atom stereocenters. The van der Waals surface area contributed by atoms with Crippen LogP contribution in [0.15, 0.2) is 0 Å². The number of alkyl halides is 1. The lowest BCUT2D eigenvalue weighted by Gasteiger charge is -2.34. The maximum absolute atomic E-state index is 2.58. The fraction of sp³-hybridized carbons (Fsp3) is 1.00. The number of hydrogen-bond acceptors (Lipinski definition) is 0. The van der Waals surface area contributed by atoms with E-state index < -0.39 is 0 Å². The molecule has 0 heterocycles. The van der Waals surface area contributed by atoms with Crippen molar-refractivity contribution in [2.24, 2.45) is 17.8 Å². The number of hydrogen-bond donors (Lipinski definition) is 0. The van der Waals surface area contributed by atoms with Crippen LogP contribution in [0.2, 0.25) is 0 Å². The van der Waals surface area contributed by atoms with Crippen molar-refractivity contribution in [3.05, 3.63) is 0 Å². The van der Waals surface area contributed by atoms with Gasteiger partial charge in [-0.05, 0) is 30.6 Å². The molecule has 11 heavy (non-hydrogen) atoms. The van der Waals surface area contributed by atoms with E-state index in [0.717, 1.165) is 21.7 Å². The van der Waals surface area contributed by atoms with Crippen LogP contribution in [0.4, 0.5) is 0 Å². The van der Waals surface area contributed by atoms with Gasteiger partial charge < -0.3 is 0 Å². The summed E-state index contributed by atoms with van der Waals surface area (Å²) in [6.07, 6.45) is 4.38. The molecule has 1 rings (SSSR count). The molecule has 0 aromatic carbocycles. The summed E-state index contributed by atoms with van der Waals surface area (Å²) in [5, 5.41) is 0. The van der Waals surface area contributed by atoms with Crippen LogP contribution < -0.4 is 0 Å². The average Bonchev–Trinajstić information content (AvgIpc) is 1.85. The predicted octanol–water partition coefficient (Wildman–Crippen LogP) is 3.88. The first kappa shape index (κ1) is 9.82. The van der Waals surface area contributed by atoms with E-state index in [9.17, 15) is 0 Å². The van der Waals surface area contributed by atoms with Crippen molar-refractivity contribution in [3.8, 4) is 0 Å². The number of rotatable bonds is 1. The van der Waals surface area contributed by atoms with Crippen molar-refractivity contribution in [3.63, 3.8) is 0 Å². The lowest BCUT2D eigenvalue weighted by Crippen LogP contribution is -2.26. The summed E-state index contributed by atoms with van der Waals surface area (Å²) in [4.78, 5) is 0. The molecule has 0 N–H and O–H groups in total. The Labute approximate surface area is 84.3 Å². The van der Waals surface area contributed by atoms with Gasteiger partial charge in [0.25, 0.3) is 0 Å². The second-order valence-electron chi connectivity index (χ2n) is 4.24. The summed E-state index contributed by atoms with van der Waals surface area (Å²) in [6, 6.07) is 0. The van der Waals surface area contributed by atoms with Gasteiger partial charge in [-0.1, -0.05) is 49.8 Å². The minimum Gasteiger partial charge on any atom is -0.0826 e. The Hall–Kier alpha value is 0.730. The van der Waals surface area contributed by atoms with Gasteiger partial charge in [-0.2, -0.15) is 0 Å². The summed E-state index contributed by atoms with van der Waals surface area (Å²) in [6.45, 7) is 7.18. The maximum Gasteiger partial charge on any atom is 0.0112 e. The van der Waals surface area contributed by atoms with Crippen LogP contribution in [0.25, 0.3) is 0 Å². The molecule has 1 heteroatoms. The van der Waals surface area contributed by atoms with Crippen molar-refractivity contribution in [2.45, 2.75) is 44.0 Å². The summed E-state index contributed by atoms with van der Waals surface area (Å²) >= 11 is 2.58. The van der Waals surface area contributed by atoms with Crippen LogP contribution in [0.5, 0.6) is 0 Å². The molecular formula is C10H19I. The van der Waals surface area contributed by atoms with Crippen molar-refractivity contribution < 1.29 is 0 Å². The third-order valence-corrected chi connectivity index (χ3v) is 4.01. The van der Waals surface area contributed by atoms with Gasteiger partial charge in [0.2, 0.25) is 0 Å². The minimum absolute atomic E-state index is 0.870. The zero-order valence-corrected chi connectivity index (χ0v) is 9.97. The van der Waals surface area contributed by atoms with Crippen LogP contribution >= 0.6 is 22.6 Å². The van der Waals surface area contributed by atoms with E-state index in [1.807, 2.05) is 0 Å². The van der Waals surface area contributed by atoms with Crippen LogP contribution in [-0.4, -0.2) is 3.92 Å². The minimum atomic E-state index is 0.870. The van der Waals surface area contributed by atoms with Crippen molar-refractivity contribution >= 4 is 22.6 Å². The van der Waals surface area contributed by atoms with E-state index in [-0.39, 0.29) is 0 Å². The SMILES string of the molecule is CC1CCC(C(C)I)C(C)C1. The highest BCUT2D eigenvalue weighted by Gasteiger charge is 2.27. The van der Waals surface area contributed by atoms with Gasteiger partial charge in [-0.3, -0.25) is 0 Å². The molecule has 4 atom stereocenters. The van der Waals surface area contributed by atoms with Crippen LogP contribution in [0.3, 0.4) is 0 Å². The Kier molecular flexibility index (Phi) is 3.66. The molecule has 1 aliphatic carbocycles. The van der Waals surface area contributed by atoms with Gasteiger partial charge in [-0.25, -0.2) is 0 Å². The normalized spacial score (nSPS) is 42.0. The zero-order chi connectivity index (χ0) is 8.43. The molecule has 0 aliphatic heterocycles. The van der Waals surface area contributed by atoms with Gasteiger partial charge in [0.15, 0.2) is 0 Å². The third-order valence-electron chi connectivity index (χ3n) is 3.09. The summed E-state index contributed by atoms with van der Waals surface area (Å²) in [5.41, 5.74) is 0. The highest BCUT2D eigenvalue weighted by Crippen LogP contribution is 2.37. The molecule has 0 radical (unpaired) electrons. The topological polar surface area (TPSA) is 0 Å². The molecule has 0 amide bonds. The van der Waals surface area contributed by atoms with Gasteiger partial charge in [-0.15, -0.1) is 0 Å². The van der Waals surface area contributed by atoms with Crippen LogP contribution in [-0.2, 0) is 0 Å². The fourth-order valence-corrected chi connectivity index (χ4v) is 3.44. The molecular weight excluding hydrogens is 247 g/mol. The van der Waals surface area contributed by atoms with E-state index in [2.05, 4.69) is 43.4 Å². The smallest absolute Gasteiger partial charge is 0.0112 e. The molecule has 66 valence electrons. The summed E-state index contributed by atoms with van der Waals surface area (Å²) in [7, 11) is 0. The third kappa shape index (κ3) is 2.60. The predicted molar refractivity (Wildman–Crippen MR) is 59.2 cm³/mol. The van der Waals surface area contributed by atoms with Crippen LogP contribution in [0.1, 0.15) is 40.0 Å². The Bertz CT molecular complexity index is 120. The second kappa shape index (κ2) is 4.11. The quantitative estimate of drug-likeness (QED) is 0.499. The first-order valence-electron chi connectivity index (χ1n) is 4.75. The molecule has 0 aromatic rings. The van der Waals surface area contributed by atoms with E-state index >= 15 is 0 Å². The van der Waals surface area contributed by atoms with Crippen molar-refractivity contribution in [1.29, 1.82) is 0 Å². The standard InChI is InChI=1S/C10H19I/c1-7-4-5-10(9(3)11)8(2)6-7/h7-10H,4-6H2,1-3H3. The molecule has 1 saturated carbocycles. The van der Waals surface area contributed by atoms with Gasteiger partial charge in [0.05, 0.1) is 0 Å². The van der Waals surface area contributed by atoms with E-state index in [1.165, 1.54) is 19.3 Å². The molecule has 0 spiro atoms. The maximum atomic E-state index is 2.58. The molecule has 0 saturated heterocycles. The van der Waals surface area contributed by atoms with Crippen molar-refractivity contribution in [1.82, 2.24) is 0 Å². The Balaban J connectivity index is 2.44. The van der Waals surface area contributed by atoms with Gasteiger partial charge in [0, 0.05) is 3.92 Å².